The van der Waals surface area contributed by atoms with Gasteiger partial charge < -0.3 is 10.4 Å². The van der Waals surface area contributed by atoms with E-state index in [2.05, 4.69) is 21.2 Å². The van der Waals surface area contributed by atoms with E-state index in [0.717, 1.165) is 22.2 Å². The molecule has 1 saturated carbocycles. The topological polar surface area (TPSA) is 66.4 Å². The largest absolute Gasteiger partial charge is 0.481 e. The van der Waals surface area contributed by atoms with E-state index in [4.69, 9.17) is 5.11 Å². The molecule has 1 fully saturated rings. The van der Waals surface area contributed by atoms with Crippen LogP contribution in [0.3, 0.4) is 0 Å². The zero-order valence-electron chi connectivity index (χ0n) is 10.4. The highest BCUT2D eigenvalue weighted by molar-refractivity contribution is 9.11. The summed E-state index contributed by atoms with van der Waals surface area (Å²) in [4.78, 5) is 23.0. The minimum Gasteiger partial charge on any atom is -0.481 e. The number of rotatable bonds is 4. The van der Waals surface area contributed by atoms with Crippen molar-refractivity contribution in [3.63, 3.8) is 0 Å². The fourth-order valence-electron chi connectivity index (χ4n) is 2.42. The van der Waals surface area contributed by atoms with Crippen LogP contribution in [0.25, 0.3) is 0 Å². The number of hydrogen-bond acceptors (Lipinski definition) is 3. The molecular weight excluding hydrogens is 330 g/mol. The van der Waals surface area contributed by atoms with Crippen molar-refractivity contribution >= 4 is 39.1 Å². The molecule has 104 valence electrons. The van der Waals surface area contributed by atoms with E-state index in [0.29, 0.717) is 19.4 Å². The molecule has 6 heteroatoms. The monoisotopic (exact) mass is 345 g/mol. The molecule has 1 aliphatic rings. The molecule has 1 aromatic rings. The van der Waals surface area contributed by atoms with Crippen LogP contribution in [-0.4, -0.2) is 17.0 Å². The second-order valence-corrected chi connectivity index (χ2v) is 7.07. The Balaban J connectivity index is 1.86. The number of carbonyl (C=O) groups excluding carboxylic acids is 1. The van der Waals surface area contributed by atoms with Crippen LogP contribution in [0, 0.1) is 11.8 Å². The van der Waals surface area contributed by atoms with Crippen LogP contribution in [0.4, 0.5) is 0 Å². The van der Waals surface area contributed by atoms with Gasteiger partial charge in [0, 0.05) is 12.5 Å². The lowest BCUT2D eigenvalue weighted by molar-refractivity contribution is -0.144. The second-order valence-electron chi connectivity index (χ2n) is 4.84. The van der Waals surface area contributed by atoms with Gasteiger partial charge in [0.1, 0.15) is 0 Å². The minimum atomic E-state index is -0.780. The summed E-state index contributed by atoms with van der Waals surface area (Å²) in [5, 5.41) is 13.9. The molecule has 2 rings (SSSR count). The van der Waals surface area contributed by atoms with E-state index in [1.807, 2.05) is 11.4 Å². The third kappa shape index (κ3) is 3.79. The normalized spacial score (nSPS) is 23.0. The van der Waals surface area contributed by atoms with Gasteiger partial charge >= 0.3 is 5.97 Å². The van der Waals surface area contributed by atoms with Crippen molar-refractivity contribution in [1.82, 2.24) is 5.32 Å². The lowest BCUT2D eigenvalue weighted by Crippen LogP contribution is -2.35. The number of aliphatic carboxylic acids is 1. The number of amides is 1. The Labute approximate surface area is 124 Å². The van der Waals surface area contributed by atoms with E-state index >= 15 is 0 Å². The smallest absolute Gasteiger partial charge is 0.306 e. The van der Waals surface area contributed by atoms with Crippen LogP contribution in [0.1, 0.15) is 31.2 Å². The van der Waals surface area contributed by atoms with Gasteiger partial charge in [0.25, 0.3) is 0 Å². The first-order valence-corrected chi connectivity index (χ1v) is 7.97. The van der Waals surface area contributed by atoms with Crippen LogP contribution in [0.15, 0.2) is 15.2 Å². The Bertz CT molecular complexity index is 474. The van der Waals surface area contributed by atoms with Crippen molar-refractivity contribution in [3.8, 4) is 0 Å². The highest BCUT2D eigenvalue weighted by Gasteiger charge is 2.30. The van der Waals surface area contributed by atoms with Crippen LogP contribution >= 0.6 is 27.3 Å². The summed E-state index contributed by atoms with van der Waals surface area (Å²) in [5.74, 6) is -1.33. The van der Waals surface area contributed by atoms with Crippen molar-refractivity contribution in [2.24, 2.45) is 11.8 Å². The Morgan fingerprint density at radius 1 is 1.42 bits per heavy atom. The molecule has 2 atom stereocenters. The maximum Gasteiger partial charge on any atom is 0.306 e. The van der Waals surface area contributed by atoms with Gasteiger partial charge in [-0.05, 0) is 52.2 Å². The number of carboxylic acids is 1. The summed E-state index contributed by atoms with van der Waals surface area (Å²) in [5.41, 5.74) is 1.06. The zero-order valence-corrected chi connectivity index (χ0v) is 12.8. The Morgan fingerprint density at radius 2 is 2.16 bits per heavy atom. The number of carboxylic acid groups (broad SMARTS) is 1. The van der Waals surface area contributed by atoms with Gasteiger partial charge in [0.2, 0.25) is 5.91 Å². The quantitative estimate of drug-likeness (QED) is 0.881. The molecule has 1 aromatic heterocycles. The molecule has 2 N–H and O–H groups in total. The van der Waals surface area contributed by atoms with E-state index in [1.54, 1.807) is 11.3 Å². The summed E-state index contributed by atoms with van der Waals surface area (Å²) in [6.45, 7) is 0.497. The molecule has 1 aliphatic carbocycles. The molecule has 1 amide bonds. The highest BCUT2D eigenvalue weighted by Crippen LogP contribution is 2.29. The number of nitrogens with one attached hydrogen (secondary N) is 1. The van der Waals surface area contributed by atoms with E-state index < -0.39 is 5.97 Å². The number of halogens is 1. The summed E-state index contributed by atoms with van der Waals surface area (Å²) in [7, 11) is 0. The SMILES string of the molecule is O=C(O)C1CCCC(C(=O)NCc2ccsc2Br)C1. The fraction of sp³-hybridized carbons (Fsp3) is 0.538. The Morgan fingerprint density at radius 3 is 2.79 bits per heavy atom. The van der Waals surface area contributed by atoms with Gasteiger partial charge in [0.05, 0.1) is 9.70 Å². The first-order chi connectivity index (χ1) is 9.08. The first-order valence-electron chi connectivity index (χ1n) is 6.30. The molecule has 2 unspecified atom stereocenters. The number of carbonyl (C=O) groups is 2. The van der Waals surface area contributed by atoms with Crippen LogP contribution in [0.5, 0.6) is 0 Å². The molecule has 4 nitrogen and oxygen atoms in total. The molecule has 0 radical (unpaired) electrons. The lowest BCUT2D eigenvalue weighted by Gasteiger charge is -2.25. The average molecular weight is 346 g/mol. The maximum atomic E-state index is 12.1. The van der Waals surface area contributed by atoms with Gasteiger partial charge in [-0.1, -0.05) is 6.42 Å². The average Bonchev–Trinajstić information content (AvgIpc) is 2.81. The first kappa shape index (κ1) is 14.5. The van der Waals surface area contributed by atoms with E-state index in [9.17, 15) is 9.59 Å². The fourth-order valence-corrected chi connectivity index (χ4v) is 3.66. The van der Waals surface area contributed by atoms with Gasteiger partial charge in [-0.2, -0.15) is 0 Å². The van der Waals surface area contributed by atoms with Crippen LogP contribution in [0.2, 0.25) is 0 Å². The predicted octanol–water partition coefficient (Wildman–Crippen LogP) is 3.02. The molecule has 19 heavy (non-hydrogen) atoms. The summed E-state index contributed by atoms with van der Waals surface area (Å²) < 4.78 is 1.03. The van der Waals surface area contributed by atoms with Crippen LogP contribution < -0.4 is 5.32 Å². The molecule has 0 saturated heterocycles. The number of thiophene rings is 1. The maximum absolute atomic E-state index is 12.1. The molecular formula is C13H16BrNO3S. The highest BCUT2D eigenvalue weighted by atomic mass is 79.9. The van der Waals surface area contributed by atoms with Gasteiger partial charge in [-0.3, -0.25) is 9.59 Å². The molecule has 0 aliphatic heterocycles. The van der Waals surface area contributed by atoms with E-state index in [-0.39, 0.29) is 17.7 Å². The standard InChI is InChI=1S/C13H16BrNO3S/c14-11-10(4-5-19-11)7-15-12(16)8-2-1-3-9(6-8)13(17)18/h4-5,8-9H,1-3,6-7H2,(H,15,16)(H,17,18). The molecule has 0 spiro atoms. The Hall–Kier alpha value is -0.880. The summed E-state index contributed by atoms with van der Waals surface area (Å²) >= 11 is 5.01. The van der Waals surface area contributed by atoms with E-state index in [1.165, 1.54) is 0 Å². The summed E-state index contributed by atoms with van der Waals surface area (Å²) in [6, 6.07) is 1.97. The molecule has 0 bridgehead atoms. The minimum absolute atomic E-state index is 0.0240. The third-order valence-electron chi connectivity index (χ3n) is 3.54. The van der Waals surface area contributed by atoms with Gasteiger partial charge in [0.15, 0.2) is 0 Å². The third-order valence-corrected chi connectivity index (χ3v) is 5.35. The summed E-state index contributed by atoms with van der Waals surface area (Å²) in [6.07, 6.45) is 2.76. The molecule has 0 aromatic carbocycles. The Kier molecular flexibility index (Phi) is 4.99. The van der Waals surface area contributed by atoms with Gasteiger partial charge in [-0.15, -0.1) is 11.3 Å². The van der Waals surface area contributed by atoms with Gasteiger partial charge in [-0.25, -0.2) is 0 Å². The van der Waals surface area contributed by atoms with Crippen molar-refractivity contribution in [2.75, 3.05) is 0 Å². The van der Waals surface area contributed by atoms with Crippen molar-refractivity contribution in [2.45, 2.75) is 32.2 Å². The van der Waals surface area contributed by atoms with Crippen molar-refractivity contribution in [3.05, 3.63) is 20.8 Å². The van der Waals surface area contributed by atoms with Crippen molar-refractivity contribution < 1.29 is 14.7 Å². The zero-order chi connectivity index (χ0) is 13.8. The predicted molar refractivity (Wildman–Crippen MR) is 76.9 cm³/mol. The number of hydrogen-bond donors (Lipinski definition) is 2. The molecule has 1 heterocycles. The lowest BCUT2D eigenvalue weighted by atomic mass is 9.81. The van der Waals surface area contributed by atoms with Crippen molar-refractivity contribution in [1.29, 1.82) is 0 Å². The second kappa shape index (κ2) is 6.52. The van der Waals surface area contributed by atoms with Crippen LogP contribution in [-0.2, 0) is 16.1 Å².